The van der Waals surface area contributed by atoms with Crippen LogP contribution >= 0.6 is 21.6 Å². The zero-order valence-corrected chi connectivity index (χ0v) is 27.5. The predicted octanol–water partition coefficient (Wildman–Crippen LogP) is 2.55. The smallest absolute Gasteiger partial charge is 0.407 e. The van der Waals surface area contributed by atoms with Gasteiger partial charge in [0.2, 0.25) is 5.91 Å². The van der Waals surface area contributed by atoms with Crippen molar-refractivity contribution in [1.29, 1.82) is 0 Å². The molecule has 1 unspecified atom stereocenters. The summed E-state index contributed by atoms with van der Waals surface area (Å²) >= 11 is 0. The number of amides is 4. The normalized spacial score (nSPS) is 17.4. The maximum absolute atomic E-state index is 11.9. The molecule has 1 aliphatic carbocycles. The fourth-order valence-corrected chi connectivity index (χ4v) is 5.84. The van der Waals surface area contributed by atoms with Crippen LogP contribution in [-0.2, 0) is 47.7 Å². The Morgan fingerprint density at radius 2 is 1.36 bits per heavy atom. The number of hydroxylamine groups is 2. The molecule has 256 valence electrons. The summed E-state index contributed by atoms with van der Waals surface area (Å²) in [5, 5.41) is 6.06. The Balaban J connectivity index is 1.25. The van der Waals surface area contributed by atoms with Crippen molar-refractivity contribution >= 4 is 51.4 Å². The molecule has 0 aromatic carbocycles. The lowest BCUT2D eigenvalue weighted by Gasteiger charge is -2.18. The average Bonchev–Trinajstić information content (AvgIpc) is 3.32. The monoisotopic (exact) mass is 677 g/mol. The standard InChI is InChI=1S/C29H47N3O11S2/c33-25(30-13-23-45-44-22-11-28(36)43-32-26(34)8-9-27(32)35)10-14-38-16-18-40-20-21-41-19-17-39-15-12-31-29(37)42-24-6-4-2-1-3-5-7-24/h1-2,24H,3-23H2,(H,30,33)(H,31,37)/b2-1-. The lowest BCUT2D eigenvalue weighted by molar-refractivity contribution is -0.197. The van der Waals surface area contributed by atoms with Crippen molar-refractivity contribution in [2.75, 3.05) is 77.5 Å². The van der Waals surface area contributed by atoms with Crippen molar-refractivity contribution in [3.8, 4) is 0 Å². The fourth-order valence-electron chi connectivity index (χ4n) is 3.96. The third-order valence-electron chi connectivity index (χ3n) is 6.28. The molecule has 1 aliphatic heterocycles. The van der Waals surface area contributed by atoms with Crippen LogP contribution in [0.2, 0.25) is 0 Å². The molecule has 45 heavy (non-hydrogen) atoms. The zero-order valence-electron chi connectivity index (χ0n) is 25.8. The minimum Gasteiger partial charge on any atom is -0.446 e. The number of nitrogens with one attached hydrogen (secondary N) is 2. The van der Waals surface area contributed by atoms with Gasteiger partial charge in [-0.2, -0.15) is 0 Å². The Bertz CT molecular complexity index is 910. The molecule has 14 nitrogen and oxygen atoms in total. The van der Waals surface area contributed by atoms with E-state index in [0.717, 1.165) is 32.1 Å². The summed E-state index contributed by atoms with van der Waals surface area (Å²) in [6.45, 7) is 3.99. The number of alkyl carbamates (subject to hydrolysis) is 1. The van der Waals surface area contributed by atoms with Crippen molar-refractivity contribution in [3.63, 3.8) is 0 Å². The van der Waals surface area contributed by atoms with Crippen LogP contribution in [0, 0.1) is 0 Å². The number of allylic oxidation sites excluding steroid dienone is 2. The molecular formula is C29H47N3O11S2. The van der Waals surface area contributed by atoms with E-state index in [1.54, 1.807) is 0 Å². The van der Waals surface area contributed by atoms with Crippen LogP contribution in [0.15, 0.2) is 12.2 Å². The number of carbonyl (C=O) groups excluding carboxylic acids is 5. The maximum Gasteiger partial charge on any atom is 0.407 e. The van der Waals surface area contributed by atoms with E-state index in [4.69, 9.17) is 28.5 Å². The number of imide groups is 1. The quantitative estimate of drug-likeness (QED) is 0.0663. The summed E-state index contributed by atoms with van der Waals surface area (Å²) in [6.07, 6.45) is 9.12. The molecule has 1 saturated heterocycles. The second-order valence-electron chi connectivity index (χ2n) is 9.92. The number of rotatable bonds is 24. The molecule has 0 aromatic heterocycles. The van der Waals surface area contributed by atoms with Crippen molar-refractivity contribution in [2.24, 2.45) is 0 Å². The Morgan fingerprint density at radius 1 is 0.733 bits per heavy atom. The lowest BCUT2D eigenvalue weighted by Crippen LogP contribution is -2.32. The first kappa shape index (κ1) is 38.8. The van der Waals surface area contributed by atoms with E-state index >= 15 is 0 Å². The third-order valence-corrected chi connectivity index (χ3v) is 8.69. The third kappa shape index (κ3) is 20.4. The average molecular weight is 678 g/mol. The number of hydrogen-bond donors (Lipinski definition) is 2. The van der Waals surface area contributed by atoms with Gasteiger partial charge in [-0.3, -0.25) is 14.4 Å². The first-order chi connectivity index (χ1) is 22.0. The van der Waals surface area contributed by atoms with Gasteiger partial charge >= 0.3 is 12.1 Å². The molecule has 2 rings (SSSR count). The van der Waals surface area contributed by atoms with Crippen molar-refractivity contribution in [2.45, 2.75) is 63.9 Å². The number of hydrogen-bond acceptors (Lipinski definition) is 13. The first-order valence-electron chi connectivity index (χ1n) is 15.4. The van der Waals surface area contributed by atoms with E-state index in [-0.39, 0.29) is 37.7 Å². The van der Waals surface area contributed by atoms with Gasteiger partial charge in [-0.05, 0) is 32.1 Å². The SMILES string of the molecule is O=C(CCOCCOCCOCCOCCNC(=O)OC1CC/C=C\CCC1)NCCSSCCC(=O)ON1C(=O)CCC1=O. The summed E-state index contributed by atoms with van der Waals surface area (Å²) in [7, 11) is 2.94. The zero-order chi connectivity index (χ0) is 32.4. The minimum atomic E-state index is -0.625. The molecule has 0 aromatic rings. The summed E-state index contributed by atoms with van der Waals surface area (Å²) in [4.78, 5) is 63.1. The highest BCUT2D eigenvalue weighted by Gasteiger charge is 2.32. The van der Waals surface area contributed by atoms with Crippen molar-refractivity contribution in [1.82, 2.24) is 15.7 Å². The molecule has 4 amide bonds. The summed E-state index contributed by atoms with van der Waals surface area (Å²) in [6, 6.07) is 0. The Labute approximate surface area is 272 Å². The topological polar surface area (TPSA) is 168 Å². The molecule has 0 bridgehead atoms. The number of carbonyl (C=O) groups is 5. The predicted molar refractivity (Wildman–Crippen MR) is 168 cm³/mol. The molecular weight excluding hydrogens is 630 g/mol. The first-order valence-corrected chi connectivity index (χ1v) is 17.9. The highest BCUT2D eigenvalue weighted by atomic mass is 33.1. The molecule has 2 N–H and O–H groups in total. The second kappa shape index (κ2) is 25.8. The Morgan fingerprint density at radius 3 is 2.07 bits per heavy atom. The highest BCUT2D eigenvalue weighted by Crippen LogP contribution is 2.22. The molecule has 0 saturated carbocycles. The second-order valence-corrected chi connectivity index (χ2v) is 12.6. The van der Waals surface area contributed by atoms with Crippen LogP contribution in [0.4, 0.5) is 4.79 Å². The van der Waals surface area contributed by atoms with Crippen molar-refractivity contribution < 1.29 is 52.5 Å². The molecule has 0 radical (unpaired) electrons. The Kier molecular flexibility index (Phi) is 22.2. The summed E-state index contributed by atoms with van der Waals surface area (Å²) < 4.78 is 27.2. The van der Waals surface area contributed by atoms with E-state index < -0.39 is 23.9 Å². The van der Waals surface area contributed by atoms with E-state index in [0.29, 0.717) is 82.5 Å². The van der Waals surface area contributed by atoms with Crippen LogP contribution < -0.4 is 10.6 Å². The van der Waals surface area contributed by atoms with E-state index in [2.05, 4.69) is 22.8 Å². The van der Waals surface area contributed by atoms with Gasteiger partial charge in [-0.15, -0.1) is 5.06 Å². The van der Waals surface area contributed by atoms with Gasteiger partial charge < -0.3 is 39.2 Å². The van der Waals surface area contributed by atoms with Gasteiger partial charge in [0.1, 0.15) is 6.10 Å². The summed E-state index contributed by atoms with van der Waals surface area (Å²) in [5.74, 6) is -0.609. The Hall–Kier alpha value is -2.37. The molecule has 0 spiro atoms. The minimum absolute atomic E-state index is 0.0251. The fraction of sp³-hybridized carbons (Fsp3) is 0.759. The van der Waals surface area contributed by atoms with Gasteiger partial charge in [0, 0.05) is 43.9 Å². The van der Waals surface area contributed by atoms with Gasteiger partial charge in [0.15, 0.2) is 0 Å². The van der Waals surface area contributed by atoms with Crippen LogP contribution in [0.1, 0.15) is 57.8 Å². The van der Waals surface area contributed by atoms with E-state index in [1.807, 2.05) is 0 Å². The van der Waals surface area contributed by atoms with E-state index in [1.165, 1.54) is 21.6 Å². The van der Waals surface area contributed by atoms with Crippen LogP contribution in [0.25, 0.3) is 0 Å². The van der Waals surface area contributed by atoms with Crippen LogP contribution in [0.5, 0.6) is 0 Å². The van der Waals surface area contributed by atoms with Crippen molar-refractivity contribution in [3.05, 3.63) is 12.2 Å². The van der Waals surface area contributed by atoms with Gasteiger partial charge in [-0.1, -0.05) is 33.7 Å². The molecule has 2 aliphatic rings. The van der Waals surface area contributed by atoms with Crippen LogP contribution in [0.3, 0.4) is 0 Å². The van der Waals surface area contributed by atoms with Gasteiger partial charge in [0.05, 0.1) is 59.3 Å². The maximum atomic E-state index is 11.9. The molecule has 1 heterocycles. The van der Waals surface area contributed by atoms with Gasteiger partial charge in [0.25, 0.3) is 11.8 Å². The highest BCUT2D eigenvalue weighted by molar-refractivity contribution is 8.76. The largest absolute Gasteiger partial charge is 0.446 e. The molecule has 1 atom stereocenters. The van der Waals surface area contributed by atoms with Gasteiger partial charge in [-0.25, -0.2) is 9.59 Å². The summed E-state index contributed by atoms with van der Waals surface area (Å²) in [5.41, 5.74) is 0. The lowest BCUT2D eigenvalue weighted by atomic mass is 10.0. The van der Waals surface area contributed by atoms with Crippen LogP contribution in [-0.4, -0.2) is 118 Å². The molecule has 16 heteroatoms. The number of ether oxygens (including phenoxy) is 5. The number of nitrogens with zero attached hydrogens (tertiary/aromatic N) is 1. The van der Waals surface area contributed by atoms with E-state index in [9.17, 15) is 24.0 Å². The molecule has 1 fully saturated rings.